The highest BCUT2D eigenvalue weighted by molar-refractivity contribution is 6.05. The van der Waals surface area contributed by atoms with Crippen molar-refractivity contribution in [2.45, 2.75) is 26.6 Å². The summed E-state index contributed by atoms with van der Waals surface area (Å²) in [7, 11) is 0. The van der Waals surface area contributed by atoms with Crippen LogP contribution in [0.25, 0.3) is 11.1 Å². The Morgan fingerprint density at radius 3 is 2.39 bits per heavy atom. The van der Waals surface area contributed by atoms with Gasteiger partial charge in [0.05, 0.1) is 16.8 Å². The number of carbonyl (C=O) groups excluding carboxylic acids is 1. The first-order valence-electron chi connectivity index (χ1n) is 9.91. The smallest absolute Gasteiger partial charge is 0.433 e. The van der Waals surface area contributed by atoms with E-state index in [0.717, 1.165) is 11.3 Å². The second-order valence-corrected chi connectivity index (χ2v) is 7.26. The summed E-state index contributed by atoms with van der Waals surface area (Å²) in [4.78, 5) is 12.7. The van der Waals surface area contributed by atoms with Crippen LogP contribution in [0.1, 0.15) is 33.1 Å². The minimum Gasteiger partial charge on any atom is -0.489 e. The van der Waals surface area contributed by atoms with Gasteiger partial charge in [0.2, 0.25) is 0 Å². The molecule has 0 saturated heterocycles. The molecule has 2 N–H and O–H groups in total. The molecule has 170 valence electrons. The first-order valence-corrected chi connectivity index (χ1v) is 9.91. The van der Waals surface area contributed by atoms with Crippen LogP contribution in [0.4, 0.5) is 19.0 Å². The fourth-order valence-corrected chi connectivity index (χ4v) is 3.27. The maximum atomic E-state index is 13.5. The van der Waals surface area contributed by atoms with E-state index in [-0.39, 0.29) is 29.1 Å². The summed E-state index contributed by atoms with van der Waals surface area (Å²) in [5.74, 6) is 0.354. The third-order valence-corrected chi connectivity index (χ3v) is 5.03. The molecular formula is C23H19F3N4O3. The number of nitrogens with zero attached hydrogens (tertiary/aromatic N) is 2. The molecule has 0 spiro atoms. The Labute approximate surface area is 186 Å². The largest absolute Gasteiger partial charge is 0.489 e. The number of anilines is 1. The molecule has 10 heteroatoms. The Balaban J connectivity index is 1.51. The van der Waals surface area contributed by atoms with Crippen molar-refractivity contribution in [1.29, 1.82) is 0 Å². The van der Waals surface area contributed by atoms with E-state index in [1.807, 2.05) is 12.0 Å². The highest BCUT2D eigenvalue weighted by Crippen LogP contribution is 2.39. The zero-order valence-electron chi connectivity index (χ0n) is 17.7. The molecule has 2 aromatic heterocycles. The molecule has 1 amide bonds. The molecular weight excluding hydrogens is 437 g/mol. The third kappa shape index (κ3) is 4.74. The van der Waals surface area contributed by atoms with Crippen molar-refractivity contribution < 1.29 is 27.2 Å². The normalized spacial score (nSPS) is 11.4. The predicted octanol–water partition coefficient (Wildman–Crippen LogP) is 5.53. The summed E-state index contributed by atoms with van der Waals surface area (Å²) >= 11 is 0. The lowest BCUT2D eigenvalue weighted by molar-refractivity contribution is -0.140. The van der Waals surface area contributed by atoms with Gasteiger partial charge in [0.25, 0.3) is 5.91 Å². The second kappa shape index (κ2) is 8.81. The molecule has 0 fully saturated rings. The van der Waals surface area contributed by atoms with Crippen molar-refractivity contribution in [3.05, 3.63) is 82.9 Å². The van der Waals surface area contributed by atoms with Gasteiger partial charge in [0, 0.05) is 5.56 Å². The van der Waals surface area contributed by atoms with E-state index < -0.39 is 17.8 Å². The van der Waals surface area contributed by atoms with E-state index >= 15 is 0 Å². The Bertz CT molecular complexity index is 1240. The lowest BCUT2D eigenvalue weighted by atomic mass is 10.0. The molecule has 7 nitrogen and oxygen atoms in total. The zero-order valence-corrected chi connectivity index (χ0v) is 17.7. The van der Waals surface area contributed by atoms with Crippen LogP contribution in [0.3, 0.4) is 0 Å². The summed E-state index contributed by atoms with van der Waals surface area (Å²) < 4.78 is 51.2. The van der Waals surface area contributed by atoms with Crippen LogP contribution in [-0.2, 0) is 12.8 Å². The Kier molecular flexibility index (Phi) is 5.91. The zero-order chi connectivity index (χ0) is 23.6. The molecule has 2 aromatic carbocycles. The molecule has 2 heterocycles. The molecule has 0 aliphatic carbocycles. The number of H-pyrrole nitrogens is 1. The number of benzene rings is 2. The van der Waals surface area contributed by atoms with E-state index in [2.05, 4.69) is 15.6 Å². The fraction of sp³-hybridized carbons (Fsp3) is 0.174. The first kappa shape index (κ1) is 22.1. The summed E-state index contributed by atoms with van der Waals surface area (Å²) in [6.07, 6.45) is -4.67. The molecule has 4 rings (SSSR count). The number of alkyl halides is 3. The van der Waals surface area contributed by atoms with Gasteiger partial charge < -0.3 is 14.6 Å². The SMILES string of the molecule is Cc1noc(C)c1COc1ccc(C(=O)Nc2n[nH]c(C(F)(F)F)c2-c2ccccc2)cc1. The van der Waals surface area contributed by atoms with Gasteiger partial charge in [-0.05, 0) is 43.7 Å². The van der Waals surface area contributed by atoms with Crippen LogP contribution in [0.2, 0.25) is 0 Å². The molecule has 0 unspecified atom stereocenters. The summed E-state index contributed by atoms with van der Waals surface area (Å²) in [5.41, 5.74) is 0.814. The summed E-state index contributed by atoms with van der Waals surface area (Å²) in [6, 6.07) is 14.1. The molecule has 0 bridgehead atoms. The molecule has 0 radical (unpaired) electrons. The predicted molar refractivity (Wildman–Crippen MR) is 114 cm³/mol. The van der Waals surface area contributed by atoms with Gasteiger partial charge >= 0.3 is 6.18 Å². The number of amides is 1. The van der Waals surface area contributed by atoms with Gasteiger partial charge in [-0.15, -0.1) is 0 Å². The Morgan fingerprint density at radius 1 is 1.09 bits per heavy atom. The quantitative estimate of drug-likeness (QED) is 0.398. The molecule has 0 saturated carbocycles. The number of ether oxygens (including phenoxy) is 1. The maximum Gasteiger partial charge on any atom is 0.433 e. The van der Waals surface area contributed by atoms with Crippen LogP contribution in [0.5, 0.6) is 5.75 Å². The topological polar surface area (TPSA) is 93.0 Å². The Morgan fingerprint density at radius 2 is 1.79 bits per heavy atom. The van der Waals surface area contributed by atoms with Crippen LogP contribution in [-0.4, -0.2) is 21.3 Å². The average Bonchev–Trinajstić information content (AvgIpc) is 3.36. The van der Waals surface area contributed by atoms with Gasteiger partial charge in [-0.1, -0.05) is 35.5 Å². The number of aromatic nitrogens is 3. The number of hydrogen-bond acceptors (Lipinski definition) is 5. The standard InChI is InChI=1S/C23H19F3N4O3/c1-13-18(14(2)33-30-13)12-32-17-10-8-16(9-11-17)22(31)27-21-19(15-6-4-3-5-7-15)20(28-29-21)23(24,25)26/h3-11H,12H2,1-2H3,(H2,27,28,29,31). The van der Waals surface area contributed by atoms with Gasteiger partial charge in [-0.2, -0.15) is 18.3 Å². The van der Waals surface area contributed by atoms with Crippen LogP contribution >= 0.6 is 0 Å². The molecule has 0 aliphatic heterocycles. The van der Waals surface area contributed by atoms with E-state index in [1.54, 1.807) is 37.3 Å². The number of aryl methyl sites for hydroxylation is 2. The van der Waals surface area contributed by atoms with Crippen molar-refractivity contribution in [3.63, 3.8) is 0 Å². The van der Waals surface area contributed by atoms with E-state index in [0.29, 0.717) is 11.5 Å². The van der Waals surface area contributed by atoms with Gasteiger partial charge in [-0.3, -0.25) is 9.89 Å². The fourth-order valence-electron chi connectivity index (χ4n) is 3.27. The molecule has 33 heavy (non-hydrogen) atoms. The summed E-state index contributed by atoms with van der Waals surface area (Å²) in [6.45, 7) is 3.85. The molecule has 4 aromatic rings. The number of carbonyl (C=O) groups is 1. The number of rotatable bonds is 6. The van der Waals surface area contributed by atoms with E-state index in [4.69, 9.17) is 9.26 Å². The van der Waals surface area contributed by atoms with Crippen molar-refractivity contribution in [1.82, 2.24) is 15.4 Å². The number of halogens is 3. The van der Waals surface area contributed by atoms with Crippen LogP contribution in [0.15, 0.2) is 59.1 Å². The number of hydrogen-bond donors (Lipinski definition) is 2. The van der Waals surface area contributed by atoms with Crippen molar-refractivity contribution >= 4 is 11.7 Å². The lowest BCUT2D eigenvalue weighted by Crippen LogP contribution is -2.13. The maximum absolute atomic E-state index is 13.5. The van der Waals surface area contributed by atoms with Gasteiger partial charge in [-0.25, -0.2) is 0 Å². The van der Waals surface area contributed by atoms with Gasteiger partial charge in [0.15, 0.2) is 5.82 Å². The highest BCUT2D eigenvalue weighted by atomic mass is 19.4. The van der Waals surface area contributed by atoms with Crippen molar-refractivity contribution in [2.24, 2.45) is 0 Å². The van der Waals surface area contributed by atoms with Crippen LogP contribution < -0.4 is 10.1 Å². The van der Waals surface area contributed by atoms with Gasteiger partial charge in [0.1, 0.15) is 23.8 Å². The number of aromatic amines is 1. The average molecular weight is 456 g/mol. The molecule has 0 atom stereocenters. The van der Waals surface area contributed by atoms with Crippen molar-refractivity contribution in [2.75, 3.05) is 5.32 Å². The Hall–Kier alpha value is -4.08. The van der Waals surface area contributed by atoms with E-state index in [9.17, 15) is 18.0 Å². The van der Waals surface area contributed by atoms with Crippen LogP contribution in [0, 0.1) is 13.8 Å². The summed E-state index contributed by atoms with van der Waals surface area (Å²) in [5, 5.41) is 12.0. The monoisotopic (exact) mass is 456 g/mol. The van der Waals surface area contributed by atoms with Crippen molar-refractivity contribution in [3.8, 4) is 16.9 Å². The third-order valence-electron chi connectivity index (χ3n) is 5.03. The number of nitrogens with one attached hydrogen (secondary N) is 2. The highest BCUT2D eigenvalue weighted by Gasteiger charge is 2.38. The lowest BCUT2D eigenvalue weighted by Gasteiger charge is -2.10. The van der Waals surface area contributed by atoms with E-state index in [1.165, 1.54) is 24.3 Å². The molecule has 0 aliphatic rings. The first-order chi connectivity index (χ1) is 15.7. The minimum atomic E-state index is -4.67. The minimum absolute atomic E-state index is 0.211. The second-order valence-electron chi connectivity index (χ2n) is 7.26.